The van der Waals surface area contributed by atoms with Gasteiger partial charge < -0.3 is 15.0 Å². The number of amides is 1. The number of fused-ring (bicyclic) bond motifs is 1. The number of carbonyl (C=O) groups excluding carboxylic acids is 1. The molecule has 1 amide bonds. The van der Waals surface area contributed by atoms with Crippen molar-refractivity contribution in [2.45, 2.75) is 38.1 Å². The molecule has 4 heteroatoms. The molecule has 1 fully saturated rings. The van der Waals surface area contributed by atoms with Crippen LogP contribution in [0.2, 0.25) is 0 Å². The fourth-order valence-corrected chi connectivity index (χ4v) is 3.96. The fraction of sp³-hybridized carbons (Fsp3) is 0.318. The zero-order valence-corrected chi connectivity index (χ0v) is 14.8. The van der Waals surface area contributed by atoms with E-state index in [0.717, 1.165) is 54.3 Å². The van der Waals surface area contributed by atoms with E-state index in [1.54, 1.807) is 6.07 Å². The number of benzene rings is 2. The number of aromatic hydroxyl groups is 1. The number of rotatable bonds is 4. The van der Waals surface area contributed by atoms with Gasteiger partial charge in [0.15, 0.2) is 0 Å². The van der Waals surface area contributed by atoms with E-state index < -0.39 is 0 Å². The first-order valence-electron chi connectivity index (χ1n) is 9.37. The number of phenolic OH excluding ortho intramolecular Hbond substituents is 1. The van der Waals surface area contributed by atoms with Crippen LogP contribution in [0.25, 0.3) is 10.9 Å². The summed E-state index contributed by atoms with van der Waals surface area (Å²) in [6, 6.07) is 15.6. The first kappa shape index (κ1) is 16.7. The SMILES string of the molecule is O=C(c1ccc2cc[nH]c2c1)N1CCCCC1CCc1cccc(O)c1. The zero-order valence-electron chi connectivity index (χ0n) is 14.8. The van der Waals surface area contributed by atoms with Gasteiger partial charge in [0.25, 0.3) is 5.91 Å². The van der Waals surface area contributed by atoms with Crippen molar-refractivity contribution in [2.75, 3.05) is 6.54 Å². The first-order chi connectivity index (χ1) is 12.7. The standard InChI is InChI=1S/C22H24N2O2/c25-20-6-3-4-16(14-20)7-10-19-5-1-2-13-24(19)22(26)18-9-8-17-11-12-23-21(17)15-18/h3-4,6,8-9,11-12,14-15,19,23,25H,1-2,5,7,10,13H2. The maximum atomic E-state index is 13.1. The number of nitrogens with zero attached hydrogens (tertiary/aromatic N) is 1. The molecule has 0 radical (unpaired) electrons. The van der Waals surface area contributed by atoms with E-state index in [4.69, 9.17) is 0 Å². The minimum atomic E-state index is 0.127. The van der Waals surface area contributed by atoms with Crippen LogP contribution in [-0.2, 0) is 6.42 Å². The summed E-state index contributed by atoms with van der Waals surface area (Å²) in [6.45, 7) is 0.826. The van der Waals surface area contributed by atoms with Crippen molar-refractivity contribution in [3.8, 4) is 5.75 Å². The molecule has 1 aromatic heterocycles. The Kier molecular flexibility index (Phi) is 4.65. The second-order valence-corrected chi connectivity index (χ2v) is 7.14. The summed E-state index contributed by atoms with van der Waals surface area (Å²) in [7, 11) is 0. The number of carbonyl (C=O) groups is 1. The molecule has 0 bridgehead atoms. The number of aromatic amines is 1. The summed E-state index contributed by atoms with van der Waals surface area (Å²) in [5.41, 5.74) is 2.88. The summed E-state index contributed by atoms with van der Waals surface area (Å²) < 4.78 is 0. The molecular weight excluding hydrogens is 324 g/mol. The molecule has 3 aromatic rings. The number of likely N-dealkylation sites (tertiary alicyclic amines) is 1. The van der Waals surface area contributed by atoms with Gasteiger partial charge in [-0.1, -0.05) is 18.2 Å². The molecule has 1 aliphatic heterocycles. The summed E-state index contributed by atoms with van der Waals surface area (Å²) in [5.74, 6) is 0.431. The smallest absolute Gasteiger partial charge is 0.254 e. The Labute approximate surface area is 153 Å². The average molecular weight is 348 g/mol. The molecule has 4 rings (SSSR count). The van der Waals surface area contributed by atoms with Crippen molar-refractivity contribution >= 4 is 16.8 Å². The number of aromatic nitrogens is 1. The lowest BCUT2D eigenvalue weighted by atomic mass is 9.95. The zero-order chi connectivity index (χ0) is 17.9. The minimum absolute atomic E-state index is 0.127. The third-order valence-electron chi connectivity index (χ3n) is 5.37. The molecular formula is C22H24N2O2. The van der Waals surface area contributed by atoms with E-state index in [1.807, 2.05) is 48.7 Å². The van der Waals surface area contributed by atoms with Crippen LogP contribution in [-0.4, -0.2) is 33.5 Å². The molecule has 0 spiro atoms. The van der Waals surface area contributed by atoms with Gasteiger partial charge in [-0.05, 0) is 73.4 Å². The molecule has 0 aliphatic carbocycles. The van der Waals surface area contributed by atoms with Crippen LogP contribution >= 0.6 is 0 Å². The molecule has 2 aromatic carbocycles. The highest BCUT2D eigenvalue weighted by molar-refractivity contribution is 5.98. The van der Waals surface area contributed by atoms with Crippen LogP contribution in [0.5, 0.6) is 5.75 Å². The molecule has 26 heavy (non-hydrogen) atoms. The summed E-state index contributed by atoms with van der Waals surface area (Å²) in [4.78, 5) is 18.4. The lowest BCUT2D eigenvalue weighted by Crippen LogP contribution is -2.44. The quantitative estimate of drug-likeness (QED) is 0.729. The summed E-state index contributed by atoms with van der Waals surface area (Å²) in [6.07, 6.45) is 6.99. The van der Waals surface area contributed by atoms with Gasteiger partial charge in [-0.25, -0.2) is 0 Å². The maximum absolute atomic E-state index is 13.1. The normalized spacial score (nSPS) is 17.5. The van der Waals surface area contributed by atoms with E-state index >= 15 is 0 Å². The molecule has 1 unspecified atom stereocenters. The Morgan fingerprint density at radius 2 is 2.08 bits per heavy atom. The number of piperidine rings is 1. The van der Waals surface area contributed by atoms with Crippen LogP contribution in [0.4, 0.5) is 0 Å². The van der Waals surface area contributed by atoms with Gasteiger partial charge in [-0.3, -0.25) is 4.79 Å². The maximum Gasteiger partial charge on any atom is 0.254 e. The number of phenols is 1. The van der Waals surface area contributed by atoms with Gasteiger partial charge in [-0.15, -0.1) is 0 Å². The summed E-state index contributed by atoms with van der Waals surface area (Å²) >= 11 is 0. The van der Waals surface area contributed by atoms with Gasteiger partial charge in [0.05, 0.1) is 0 Å². The van der Waals surface area contributed by atoms with E-state index in [1.165, 1.54) is 6.42 Å². The van der Waals surface area contributed by atoms with Crippen molar-refractivity contribution in [3.63, 3.8) is 0 Å². The average Bonchev–Trinajstić information content (AvgIpc) is 3.14. The summed E-state index contributed by atoms with van der Waals surface area (Å²) in [5, 5.41) is 10.8. The van der Waals surface area contributed by atoms with Crippen molar-refractivity contribution in [1.82, 2.24) is 9.88 Å². The minimum Gasteiger partial charge on any atom is -0.508 e. The molecule has 1 saturated heterocycles. The van der Waals surface area contributed by atoms with E-state index in [2.05, 4.69) is 9.88 Å². The Morgan fingerprint density at radius 3 is 2.96 bits per heavy atom. The van der Waals surface area contributed by atoms with Crippen LogP contribution in [0, 0.1) is 0 Å². The van der Waals surface area contributed by atoms with Gasteiger partial charge in [0, 0.05) is 29.9 Å². The van der Waals surface area contributed by atoms with Crippen molar-refractivity contribution in [1.29, 1.82) is 0 Å². The molecule has 1 aliphatic rings. The highest BCUT2D eigenvalue weighted by Gasteiger charge is 2.27. The molecule has 4 nitrogen and oxygen atoms in total. The third kappa shape index (κ3) is 3.45. The number of hydrogen-bond donors (Lipinski definition) is 2. The molecule has 134 valence electrons. The lowest BCUT2D eigenvalue weighted by molar-refractivity contribution is 0.0602. The Hall–Kier alpha value is -2.75. The molecule has 0 saturated carbocycles. The second kappa shape index (κ2) is 7.24. The second-order valence-electron chi connectivity index (χ2n) is 7.14. The number of H-pyrrole nitrogens is 1. The predicted molar refractivity (Wildman–Crippen MR) is 103 cm³/mol. The predicted octanol–water partition coefficient (Wildman–Crippen LogP) is 4.50. The Bertz CT molecular complexity index is 915. The topological polar surface area (TPSA) is 56.3 Å². The number of aryl methyl sites for hydroxylation is 1. The number of nitrogens with one attached hydrogen (secondary N) is 1. The van der Waals surface area contributed by atoms with Crippen molar-refractivity contribution in [3.05, 3.63) is 65.9 Å². The molecule has 1 atom stereocenters. The largest absolute Gasteiger partial charge is 0.508 e. The van der Waals surface area contributed by atoms with Gasteiger partial charge in [-0.2, -0.15) is 0 Å². The van der Waals surface area contributed by atoms with Crippen molar-refractivity contribution < 1.29 is 9.90 Å². The van der Waals surface area contributed by atoms with Crippen LogP contribution < -0.4 is 0 Å². The van der Waals surface area contributed by atoms with E-state index in [9.17, 15) is 9.90 Å². The highest BCUT2D eigenvalue weighted by atomic mass is 16.3. The Morgan fingerprint density at radius 1 is 1.15 bits per heavy atom. The first-order valence-corrected chi connectivity index (χ1v) is 9.37. The lowest BCUT2D eigenvalue weighted by Gasteiger charge is -2.36. The van der Waals surface area contributed by atoms with Crippen LogP contribution in [0.15, 0.2) is 54.7 Å². The molecule has 2 N–H and O–H groups in total. The Balaban J connectivity index is 1.49. The fourth-order valence-electron chi connectivity index (χ4n) is 3.96. The van der Waals surface area contributed by atoms with Crippen LogP contribution in [0.1, 0.15) is 41.6 Å². The van der Waals surface area contributed by atoms with Crippen molar-refractivity contribution in [2.24, 2.45) is 0 Å². The van der Waals surface area contributed by atoms with E-state index in [0.29, 0.717) is 5.75 Å². The van der Waals surface area contributed by atoms with Gasteiger partial charge >= 0.3 is 0 Å². The monoisotopic (exact) mass is 348 g/mol. The van der Waals surface area contributed by atoms with Gasteiger partial charge in [0.1, 0.15) is 5.75 Å². The highest BCUT2D eigenvalue weighted by Crippen LogP contribution is 2.25. The van der Waals surface area contributed by atoms with E-state index in [-0.39, 0.29) is 11.9 Å². The van der Waals surface area contributed by atoms with Crippen LogP contribution in [0.3, 0.4) is 0 Å². The molecule has 2 heterocycles. The van der Waals surface area contributed by atoms with Gasteiger partial charge in [0.2, 0.25) is 0 Å². The third-order valence-corrected chi connectivity index (χ3v) is 5.37. The number of hydrogen-bond acceptors (Lipinski definition) is 2.